The van der Waals surface area contributed by atoms with Gasteiger partial charge in [-0.05, 0) is 41.9 Å². The van der Waals surface area contributed by atoms with Gasteiger partial charge in [0.25, 0.3) is 5.91 Å². The minimum absolute atomic E-state index is 0.000381. The fourth-order valence-electron chi connectivity index (χ4n) is 3.44. The molecule has 0 radical (unpaired) electrons. The fraction of sp³-hybridized carbons (Fsp3) is 0.591. The number of likely N-dealkylation sites (tertiary alicyclic amines) is 1. The van der Waals surface area contributed by atoms with Gasteiger partial charge < -0.3 is 15.3 Å². The lowest BCUT2D eigenvalue weighted by atomic mass is 9.86. The Labute approximate surface area is 167 Å². The van der Waals surface area contributed by atoms with E-state index in [1.54, 1.807) is 17.0 Å². The topological polar surface area (TPSA) is 86.7 Å². The van der Waals surface area contributed by atoms with E-state index in [2.05, 4.69) is 26.1 Å². The number of hydrogen-bond donors (Lipinski definition) is 2. The van der Waals surface area contributed by atoms with Crippen molar-refractivity contribution in [2.75, 3.05) is 13.1 Å². The maximum absolute atomic E-state index is 13.0. The fourth-order valence-corrected chi connectivity index (χ4v) is 3.44. The minimum atomic E-state index is -0.874. The van der Waals surface area contributed by atoms with Gasteiger partial charge >= 0.3 is 5.97 Å². The maximum Gasteiger partial charge on any atom is 0.308 e. The van der Waals surface area contributed by atoms with E-state index in [4.69, 9.17) is 0 Å². The normalized spacial score (nSPS) is 18.6. The molecule has 1 saturated heterocycles. The van der Waals surface area contributed by atoms with Crippen LogP contribution in [0.15, 0.2) is 24.3 Å². The molecule has 1 aliphatic heterocycles. The number of carboxylic acids is 1. The van der Waals surface area contributed by atoms with E-state index >= 15 is 0 Å². The second kappa shape index (κ2) is 8.76. The van der Waals surface area contributed by atoms with Gasteiger partial charge in [0.2, 0.25) is 5.91 Å². The van der Waals surface area contributed by atoms with Gasteiger partial charge in [0.1, 0.15) is 6.04 Å². The molecule has 1 unspecified atom stereocenters. The van der Waals surface area contributed by atoms with Crippen LogP contribution in [0.1, 0.15) is 63.4 Å². The maximum atomic E-state index is 13.0. The van der Waals surface area contributed by atoms with Crippen LogP contribution >= 0.6 is 0 Å². The lowest BCUT2D eigenvalue weighted by Gasteiger charge is -2.34. The molecule has 2 N–H and O–H groups in total. The van der Waals surface area contributed by atoms with Crippen molar-refractivity contribution in [2.24, 2.45) is 11.8 Å². The molecule has 1 aromatic rings. The van der Waals surface area contributed by atoms with Crippen molar-refractivity contribution >= 4 is 17.8 Å². The number of benzene rings is 1. The Hall–Kier alpha value is -2.37. The van der Waals surface area contributed by atoms with E-state index in [-0.39, 0.29) is 29.7 Å². The molecule has 6 nitrogen and oxygen atoms in total. The summed E-state index contributed by atoms with van der Waals surface area (Å²) in [5.74, 6) is -2.01. The van der Waals surface area contributed by atoms with Crippen LogP contribution in [-0.4, -0.2) is 46.9 Å². The van der Waals surface area contributed by atoms with Crippen LogP contribution in [-0.2, 0) is 15.0 Å². The van der Waals surface area contributed by atoms with Crippen LogP contribution in [0.5, 0.6) is 0 Å². The SMILES string of the molecule is CC(C)C(NC(=O)c1ccc(C(C)(C)C)cc1)C(=O)N1CCC[C@H](C(=O)O)C1. The lowest BCUT2D eigenvalue weighted by molar-refractivity contribution is -0.146. The summed E-state index contributed by atoms with van der Waals surface area (Å²) in [4.78, 5) is 38.5. The first-order valence-electron chi connectivity index (χ1n) is 9.93. The van der Waals surface area contributed by atoms with Gasteiger partial charge in [0.05, 0.1) is 5.92 Å². The quantitative estimate of drug-likeness (QED) is 0.812. The number of aliphatic carboxylic acids is 1. The summed E-state index contributed by atoms with van der Waals surface area (Å²) in [5.41, 5.74) is 1.64. The summed E-state index contributed by atoms with van der Waals surface area (Å²) in [6.45, 7) is 10.8. The highest BCUT2D eigenvalue weighted by molar-refractivity contribution is 5.97. The zero-order valence-electron chi connectivity index (χ0n) is 17.5. The molecule has 1 aliphatic rings. The number of piperidine rings is 1. The molecule has 0 spiro atoms. The number of nitrogens with zero attached hydrogens (tertiary/aromatic N) is 1. The van der Waals surface area contributed by atoms with E-state index in [1.807, 2.05) is 26.0 Å². The molecular formula is C22H32N2O4. The zero-order valence-corrected chi connectivity index (χ0v) is 17.5. The van der Waals surface area contributed by atoms with E-state index in [0.717, 1.165) is 5.56 Å². The second-order valence-electron chi connectivity index (χ2n) is 8.98. The highest BCUT2D eigenvalue weighted by Gasteiger charge is 2.34. The molecule has 0 saturated carbocycles. The van der Waals surface area contributed by atoms with Crippen molar-refractivity contribution in [3.8, 4) is 0 Å². The summed E-state index contributed by atoms with van der Waals surface area (Å²) in [7, 11) is 0. The number of rotatable bonds is 5. The molecule has 28 heavy (non-hydrogen) atoms. The first kappa shape index (κ1) is 21.9. The lowest BCUT2D eigenvalue weighted by Crippen LogP contribution is -2.54. The van der Waals surface area contributed by atoms with Crippen LogP contribution < -0.4 is 5.32 Å². The Morgan fingerprint density at radius 2 is 1.75 bits per heavy atom. The first-order valence-corrected chi connectivity index (χ1v) is 9.93. The van der Waals surface area contributed by atoms with Crippen LogP contribution in [0.4, 0.5) is 0 Å². The number of nitrogens with one attached hydrogen (secondary N) is 1. The van der Waals surface area contributed by atoms with Gasteiger partial charge in [-0.15, -0.1) is 0 Å². The molecular weight excluding hydrogens is 356 g/mol. The number of carboxylic acid groups (broad SMARTS) is 1. The minimum Gasteiger partial charge on any atom is -0.481 e. The predicted octanol–water partition coefficient (Wildman–Crippen LogP) is 3.06. The van der Waals surface area contributed by atoms with Gasteiger partial charge in [-0.2, -0.15) is 0 Å². The second-order valence-corrected chi connectivity index (χ2v) is 8.98. The van der Waals surface area contributed by atoms with Gasteiger partial charge in [-0.1, -0.05) is 46.8 Å². The van der Waals surface area contributed by atoms with E-state index < -0.39 is 17.9 Å². The predicted molar refractivity (Wildman–Crippen MR) is 108 cm³/mol. The first-order chi connectivity index (χ1) is 13.0. The van der Waals surface area contributed by atoms with Gasteiger partial charge in [0, 0.05) is 18.7 Å². The molecule has 154 valence electrons. The van der Waals surface area contributed by atoms with E-state index in [1.165, 1.54) is 0 Å². The summed E-state index contributed by atoms with van der Waals surface area (Å²) >= 11 is 0. The van der Waals surface area contributed by atoms with Crippen LogP contribution in [0.25, 0.3) is 0 Å². The molecule has 0 aromatic heterocycles. The van der Waals surface area contributed by atoms with Gasteiger partial charge in [0.15, 0.2) is 0 Å². The van der Waals surface area contributed by atoms with Crippen molar-refractivity contribution < 1.29 is 19.5 Å². The molecule has 0 aliphatic carbocycles. The third-order valence-electron chi connectivity index (χ3n) is 5.31. The van der Waals surface area contributed by atoms with Crippen molar-refractivity contribution in [2.45, 2.75) is 58.9 Å². The Kier molecular flexibility index (Phi) is 6.86. The van der Waals surface area contributed by atoms with E-state index in [0.29, 0.717) is 24.9 Å². The van der Waals surface area contributed by atoms with E-state index in [9.17, 15) is 19.5 Å². The third-order valence-corrected chi connectivity index (χ3v) is 5.31. The molecule has 6 heteroatoms. The Morgan fingerprint density at radius 3 is 2.25 bits per heavy atom. The Bertz CT molecular complexity index is 719. The molecule has 2 atom stereocenters. The summed E-state index contributed by atoms with van der Waals surface area (Å²) in [6, 6.07) is 6.74. The highest BCUT2D eigenvalue weighted by atomic mass is 16.4. The molecule has 1 fully saturated rings. The molecule has 1 aromatic carbocycles. The van der Waals surface area contributed by atoms with Crippen molar-refractivity contribution in [1.29, 1.82) is 0 Å². The summed E-state index contributed by atoms with van der Waals surface area (Å²) < 4.78 is 0. The molecule has 2 amide bonds. The Balaban J connectivity index is 2.10. The number of hydrogen-bond acceptors (Lipinski definition) is 3. The average Bonchev–Trinajstić information content (AvgIpc) is 2.64. The zero-order chi connectivity index (χ0) is 21.1. The average molecular weight is 389 g/mol. The standard InChI is InChI=1S/C22H32N2O4/c1-14(2)18(20(26)24-12-6-7-16(13-24)21(27)28)23-19(25)15-8-10-17(11-9-15)22(3,4)5/h8-11,14,16,18H,6-7,12-13H2,1-5H3,(H,23,25)(H,27,28)/t16-,18?/m0/s1. The van der Waals surface area contributed by atoms with Crippen molar-refractivity contribution in [3.05, 3.63) is 35.4 Å². The number of carbonyl (C=O) groups excluding carboxylic acids is 2. The monoisotopic (exact) mass is 388 g/mol. The van der Waals surface area contributed by atoms with Gasteiger partial charge in [-0.25, -0.2) is 0 Å². The molecule has 0 bridgehead atoms. The molecule has 2 rings (SSSR count). The van der Waals surface area contributed by atoms with Crippen LogP contribution in [0, 0.1) is 11.8 Å². The summed E-state index contributed by atoms with van der Waals surface area (Å²) in [6.07, 6.45) is 1.24. The van der Waals surface area contributed by atoms with Crippen LogP contribution in [0.2, 0.25) is 0 Å². The number of carbonyl (C=O) groups is 3. The largest absolute Gasteiger partial charge is 0.481 e. The number of amides is 2. The smallest absolute Gasteiger partial charge is 0.308 e. The van der Waals surface area contributed by atoms with Crippen molar-refractivity contribution in [1.82, 2.24) is 10.2 Å². The van der Waals surface area contributed by atoms with Gasteiger partial charge in [-0.3, -0.25) is 14.4 Å². The van der Waals surface area contributed by atoms with Crippen LogP contribution in [0.3, 0.4) is 0 Å². The third kappa shape index (κ3) is 5.33. The molecule has 1 heterocycles. The Morgan fingerprint density at radius 1 is 1.14 bits per heavy atom. The highest BCUT2D eigenvalue weighted by Crippen LogP contribution is 2.23. The summed E-state index contributed by atoms with van der Waals surface area (Å²) in [5, 5.41) is 12.1. The van der Waals surface area contributed by atoms with Crippen molar-refractivity contribution in [3.63, 3.8) is 0 Å².